The molecule has 1 rings (SSSR count). The van der Waals surface area contributed by atoms with Gasteiger partial charge in [-0.2, -0.15) is 0 Å². The zero-order valence-corrected chi connectivity index (χ0v) is 8.43. The number of nitrogens with zero attached hydrogens (tertiary/aromatic N) is 1. The lowest BCUT2D eigenvalue weighted by Crippen LogP contribution is -2.11. The van der Waals surface area contributed by atoms with Gasteiger partial charge in [0.2, 0.25) is 10.0 Å². The number of primary sulfonamides is 1. The van der Waals surface area contributed by atoms with Gasteiger partial charge in [-0.15, -0.1) is 0 Å². The smallest absolute Gasteiger partial charge is 0.239 e. The molecule has 0 fully saturated rings. The highest BCUT2D eigenvalue weighted by Crippen LogP contribution is 2.10. The first-order chi connectivity index (χ1) is 5.95. The van der Waals surface area contributed by atoms with Crippen molar-refractivity contribution >= 4 is 10.0 Å². The van der Waals surface area contributed by atoms with Gasteiger partial charge in [-0.25, -0.2) is 13.6 Å². The molecule has 0 amide bonds. The fraction of sp³-hybridized carbons (Fsp3) is 0.429. The van der Waals surface area contributed by atoms with Gasteiger partial charge in [0.15, 0.2) is 0 Å². The fourth-order valence-electron chi connectivity index (χ4n) is 1.09. The number of rotatable bonds is 3. The van der Waals surface area contributed by atoms with E-state index in [1.165, 1.54) is 6.20 Å². The molecule has 3 N–H and O–H groups in total. The van der Waals surface area contributed by atoms with Crippen LogP contribution in [0, 0.1) is 0 Å². The second kappa shape index (κ2) is 3.49. The number of aromatic nitrogens is 1. The minimum Gasteiger partial charge on any atom is -0.352 e. The van der Waals surface area contributed by atoms with E-state index < -0.39 is 10.0 Å². The average molecular weight is 203 g/mol. The van der Waals surface area contributed by atoms with Crippen molar-refractivity contribution < 1.29 is 8.42 Å². The first-order valence-electron chi connectivity index (χ1n) is 3.78. The molecule has 0 spiro atoms. The van der Waals surface area contributed by atoms with Crippen LogP contribution < -0.4 is 10.5 Å². The molecule has 0 aromatic carbocycles. The predicted molar refractivity (Wildman–Crippen MR) is 49.5 cm³/mol. The summed E-state index contributed by atoms with van der Waals surface area (Å²) in [6, 6.07) is 1.56. The molecule has 0 saturated heterocycles. The Balaban J connectivity index is 3.09. The topological polar surface area (TPSA) is 77.1 Å². The Labute approximate surface area is 77.6 Å². The van der Waals surface area contributed by atoms with E-state index in [-0.39, 0.29) is 4.90 Å². The molecule has 0 bridgehead atoms. The molecule has 5 nitrogen and oxygen atoms in total. The van der Waals surface area contributed by atoms with Crippen LogP contribution in [0.5, 0.6) is 0 Å². The van der Waals surface area contributed by atoms with Crippen LogP contribution in [0.4, 0.5) is 0 Å². The minimum absolute atomic E-state index is 0.153. The molecule has 13 heavy (non-hydrogen) atoms. The summed E-state index contributed by atoms with van der Waals surface area (Å²) in [5.41, 5.74) is 0.881. The lowest BCUT2D eigenvalue weighted by Gasteiger charge is -1.99. The van der Waals surface area contributed by atoms with Gasteiger partial charge in [-0.3, -0.25) is 0 Å². The van der Waals surface area contributed by atoms with E-state index >= 15 is 0 Å². The molecule has 0 aliphatic heterocycles. The summed E-state index contributed by atoms with van der Waals surface area (Å²) in [4.78, 5) is 0.153. The molecule has 0 aliphatic carbocycles. The Kier molecular flexibility index (Phi) is 2.74. The Hall–Kier alpha value is -0.850. The van der Waals surface area contributed by atoms with E-state index in [0.29, 0.717) is 6.54 Å². The van der Waals surface area contributed by atoms with Crippen LogP contribution in [0.3, 0.4) is 0 Å². The Morgan fingerprint density at radius 1 is 1.62 bits per heavy atom. The molecule has 0 saturated carbocycles. The average Bonchev–Trinajstić information content (AvgIpc) is 2.32. The highest BCUT2D eigenvalue weighted by molar-refractivity contribution is 7.89. The van der Waals surface area contributed by atoms with Gasteiger partial charge in [-0.1, -0.05) is 0 Å². The Morgan fingerprint density at radius 3 is 2.62 bits per heavy atom. The van der Waals surface area contributed by atoms with Gasteiger partial charge in [0.05, 0.1) is 4.90 Å². The van der Waals surface area contributed by atoms with Crippen LogP contribution in [-0.2, 0) is 23.6 Å². The summed E-state index contributed by atoms with van der Waals surface area (Å²) in [6.45, 7) is 0.617. The van der Waals surface area contributed by atoms with E-state index in [1.54, 1.807) is 24.7 Å². The molecule has 0 radical (unpaired) electrons. The van der Waals surface area contributed by atoms with Crippen molar-refractivity contribution in [3.63, 3.8) is 0 Å². The molecule has 1 aromatic rings. The molecule has 1 heterocycles. The maximum absolute atomic E-state index is 10.9. The second-order valence-electron chi connectivity index (χ2n) is 2.85. The summed E-state index contributed by atoms with van der Waals surface area (Å²) in [7, 11) is 0.00296. The van der Waals surface area contributed by atoms with Gasteiger partial charge < -0.3 is 9.88 Å². The van der Waals surface area contributed by atoms with Gasteiger partial charge in [0, 0.05) is 25.5 Å². The third-order valence-electron chi connectivity index (χ3n) is 1.77. The zero-order chi connectivity index (χ0) is 10.1. The molecule has 6 heteroatoms. The van der Waals surface area contributed by atoms with Crippen LogP contribution in [0.1, 0.15) is 5.69 Å². The second-order valence-corrected chi connectivity index (χ2v) is 4.41. The number of aryl methyl sites for hydroxylation is 1. The van der Waals surface area contributed by atoms with Crippen LogP contribution >= 0.6 is 0 Å². The number of sulfonamides is 1. The van der Waals surface area contributed by atoms with Gasteiger partial charge in [0.25, 0.3) is 0 Å². The zero-order valence-electron chi connectivity index (χ0n) is 7.61. The van der Waals surface area contributed by atoms with E-state index in [1.807, 2.05) is 0 Å². The summed E-state index contributed by atoms with van der Waals surface area (Å²) >= 11 is 0. The van der Waals surface area contributed by atoms with Crippen molar-refractivity contribution in [3.8, 4) is 0 Å². The first-order valence-corrected chi connectivity index (χ1v) is 5.32. The SMILES string of the molecule is CNCc1cc(S(N)(=O)=O)cn1C. The third kappa shape index (κ3) is 2.30. The van der Waals surface area contributed by atoms with Crippen molar-refractivity contribution in [2.24, 2.45) is 12.2 Å². The highest BCUT2D eigenvalue weighted by atomic mass is 32.2. The van der Waals surface area contributed by atoms with Crippen LogP contribution in [0.25, 0.3) is 0 Å². The van der Waals surface area contributed by atoms with E-state index in [2.05, 4.69) is 5.32 Å². The maximum atomic E-state index is 10.9. The van der Waals surface area contributed by atoms with Crippen LogP contribution in [0.15, 0.2) is 17.2 Å². The largest absolute Gasteiger partial charge is 0.352 e. The molecular weight excluding hydrogens is 190 g/mol. The quantitative estimate of drug-likeness (QED) is 0.688. The number of hydrogen-bond donors (Lipinski definition) is 2. The van der Waals surface area contributed by atoms with Crippen molar-refractivity contribution in [1.82, 2.24) is 9.88 Å². The molecule has 74 valence electrons. The van der Waals surface area contributed by atoms with Crippen molar-refractivity contribution in [2.45, 2.75) is 11.4 Å². The predicted octanol–water partition coefficient (Wildman–Crippen LogP) is -0.608. The summed E-state index contributed by atoms with van der Waals surface area (Å²) < 4.78 is 23.6. The summed E-state index contributed by atoms with van der Waals surface area (Å²) in [5, 5.41) is 7.91. The van der Waals surface area contributed by atoms with Gasteiger partial charge in [-0.05, 0) is 13.1 Å². The monoisotopic (exact) mass is 203 g/mol. The molecule has 0 atom stereocenters. The summed E-state index contributed by atoms with van der Waals surface area (Å²) in [5.74, 6) is 0. The van der Waals surface area contributed by atoms with Crippen molar-refractivity contribution in [3.05, 3.63) is 18.0 Å². The standard InChI is InChI=1S/C7H13N3O2S/c1-9-4-6-3-7(5-10(6)2)13(8,11)12/h3,5,9H,4H2,1-2H3,(H2,8,11,12). The Morgan fingerprint density at radius 2 is 2.23 bits per heavy atom. The molecule has 0 unspecified atom stereocenters. The summed E-state index contributed by atoms with van der Waals surface area (Å²) in [6.07, 6.45) is 1.50. The third-order valence-corrected chi connectivity index (χ3v) is 2.65. The van der Waals surface area contributed by atoms with E-state index in [9.17, 15) is 8.42 Å². The molecular formula is C7H13N3O2S. The fourth-order valence-corrected chi connectivity index (χ4v) is 1.69. The molecule has 0 aliphatic rings. The van der Waals surface area contributed by atoms with Gasteiger partial charge in [0.1, 0.15) is 0 Å². The van der Waals surface area contributed by atoms with Crippen molar-refractivity contribution in [1.29, 1.82) is 0 Å². The number of hydrogen-bond acceptors (Lipinski definition) is 3. The van der Waals surface area contributed by atoms with Gasteiger partial charge >= 0.3 is 0 Å². The van der Waals surface area contributed by atoms with E-state index in [0.717, 1.165) is 5.69 Å². The minimum atomic E-state index is -3.57. The van der Waals surface area contributed by atoms with Crippen molar-refractivity contribution in [2.75, 3.05) is 7.05 Å². The van der Waals surface area contributed by atoms with Crippen LogP contribution in [-0.4, -0.2) is 20.0 Å². The number of nitrogens with one attached hydrogen (secondary N) is 1. The lowest BCUT2D eigenvalue weighted by atomic mass is 10.4. The maximum Gasteiger partial charge on any atom is 0.239 e. The Bertz CT molecular complexity index is 394. The van der Waals surface area contributed by atoms with E-state index in [4.69, 9.17) is 5.14 Å². The lowest BCUT2D eigenvalue weighted by molar-refractivity contribution is 0.597. The molecule has 1 aromatic heterocycles. The highest BCUT2D eigenvalue weighted by Gasteiger charge is 2.11. The first kappa shape index (κ1) is 10.2. The number of nitrogens with two attached hydrogens (primary N) is 1. The normalized spacial score (nSPS) is 11.9. The van der Waals surface area contributed by atoms with Crippen LogP contribution in [0.2, 0.25) is 0 Å².